The van der Waals surface area contributed by atoms with Crippen LogP contribution in [0.3, 0.4) is 0 Å². The Morgan fingerprint density at radius 1 is 1.07 bits per heavy atom. The molecule has 0 radical (unpaired) electrons. The van der Waals surface area contributed by atoms with Crippen molar-refractivity contribution in [3.63, 3.8) is 0 Å². The zero-order valence-electron chi connectivity index (χ0n) is 15.5. The number of rotatable bonds is 5. The lowest BCUT2D eigenvalue weighted by atomic mass is 10.0. The summed E-state index contributed by atoms with van der Waals surface area (Å²) in [6, 6.07) is 14.2. The first kappa shape index (κ1) is 18.4. The molecule has 0 aliphatic heterocycles. The maximum absolute atomic E-state index is 12.9. The van der Waals surface area contributed by atoms with Crippen LogP contribution in [-0.2, 0) is 16.6 Å². The largest absolute Gasteiger partial charge is 0.468 e. The Hall–Kier alpha value is -3.41. The molecule has 0 saturated carbocycles. The molecule has 27 heavy (non-hydrogen) atoms. The number of nitrogens with two attached hydrogens (primary N) is 1. The molecule has 6 heteroatoms. The first-order valence-corrected chi connectivity index (χ1v) is 8.48. The van der Waals surface area contributed by atoms with Crippen LogP contribution in [0.1, 0.15) is 38.9 Å². The zero-order chi connectivity index (χ0) is 19.6. The van der Waals surface area contributed by atoms with Gasteiger partial charge in [0, 0.05) is 18.3 Å². The third kappa shape index (κ3) is 3.60. The van der Waals surface area contributed by atoms with Crippen molar-refractivity contribution >= 4 is 17.4 Å². The fourth-order valence-electron chi connectivity index (χ4n) is 3.00. The number of esters is 1. The highest BCUT2D eigenvalue weighted by atomic mass is 16.5. The van der Waals surface area contributed by atoms with Crippen molar-refractivity contribution in [2.45, 2.75) is 12.8 Å². The number of carbonyl (C=O) groups excluding carboxylic acids is 2. The third-order valence-corrected chi connectivity index (χ3v) is 4.54. The number of nitrogens with zero attached hydrogens (tertiary/aromatic N) is 2. The van der Waals surface area contributed by atoms with E-state index >= 15 is 0 Å². The van der Waals surface area contributed by atoms with Crippen molar-refractivity contribution in [2.75, 3.05) is 12.8 Å². The topological polar surface area (TPSA) is 87.2 Å². The molecule has 0 aliphatic rings. The maximum Gasteiger partial charge on any atom is 0.320 e. The molecule has 2 aromatic heterocycles. The normalized spacial score (nSPS) is 11.8. The van der Waals surface area contributed by atoms with Gasteiger partial charge in [-0.25, -0.2) is 0 Å². The van der Waals surface area contributed by atoms with Gasteiger partial charge >= 0.3 is 5.97 Å². The van der Waals surface area contributed by atoms with Crippen LogP contribution < -0.4 is 5.73 Å². The van der Waals surface area contributed by atoms with E-state index in [-0.39, 0.29) is 5.78 Å². The Balaban J connectivity index is 2.02. The molecule has 1 aromatic carbocycles. The number of aryl methyl sites for hydroxylation is 1. The average Bonchev–Trinajstić information content (AvgIpc) is 3.04. The van der Waals surface area contributed by atoms with Crippen molar-refractivity contribution < 1.29 is 14.3 Å². The summed E-state index contributed by atoms with van der Waals surface area (Å²) < 4.78 is 6.68. The number of hydrogen-bond donors (Lipinski definition) is 1. The van der Waals surface area contributed by atoms with Gasteiger partial charge < -0.3 is 15.0 Å². The number of methoxy groups -OCH3 is 1. The number of carbonyl (C=O) groups is 2. The van der Waals surface area contributed by atoms with Crippen molar-refractivity contribution in [1.29, 1.82) is 0 Å². The van der Waals surface area contributed by atoms with Crippen LogP contribution in [0, 0.1) is 6.92 Å². The Kier molecular flexibility index (Phi) is 5.07. The molecule has 138 valence electrons. The fourth-order valence-corrected chi connectivity index (χ4v) is 3.00. The summed E-state index contributed by atoms with van der Waals surface area (Å²) in [5.41, 5.74) is 9.48. The molecular formula is C21H21N3O3. The summed E-state index contributed by atoms with van der Waals surface area (Å²) in [6.45, 7) is 1.97. The number of ether oxygens (including phenoxy) is 1. The highest BCUT2D eigenvalue weighted by molar-refractivity contribution is 6.08. The number of pyridine rings is 1. The van der Waals surface area contributed by atoms with E-state index in [1.54, 1.807) is 48.0 Å². The van der Waals surface area contributed by atoms with Crippen LogP contribution >= 0.6 is 0 Å². The predicted molar refractivity (Wildman–Crippen MR) is 103 cm³/mol. The molecule has 0 spiro atoms. The Bertz CT molecular complexity index is 973. The number of benzene rings is 1. The highest BCUT2D eigenvalue weighted by Crippen LogP contribution is 2.27. The van der Waals surface area contributed by atoms with Gasteiger partial charge in [0.2, 0.25) is 5.78 Å². The van der Waals surface area contributed by atoms with E-state index in [1.807, 2.05) is 19.1 Å². The Morgan fingerprint density at radius 2 is 1.78 bits per heavy atom. The minimum Gasteiger partial charge on any atom is -0.468 e. The smallest absolute Gasteiger partial charge is 0.320 e. The van der Waals surface area contributed by atoms with Crippen LogP contribution in [0.2, 0.25) is 0 Å². The minimum absolute atomic E-state index is 0.113. The van der Waals surface area contributed by atoms with Crippen molar-refractivity contribution in [3.8, 4) is 0 Å². The monoisotopic (exact) mass is 363 g/mol. The Morgan fingerprint density at radius 3 is 2.37 bits per heavy atom. The summed E-state index contributed by atoms with van der Waals surface area (Å²) in [5.74, 6) is -1.32. The predicted octanol–water partition coefficient (Wildman–Crippen LogP) is 2.85. The standard InChI is InChI=1S/C21H21N3O3/c1-13-4-6-14(7-5-13)20(25)18-11-10-17(24(18)2)19(21(26)27-3)16-9-8-15(22)12-23-16/h4-12,19H,22H2,1-3H3. The molecule has 1 unspecified atom stereocenters. The van der Waals surface area contributed by atoms with E-state index in [4.69, 9.17) is 10.5 Å². The lowest BCUT2D eigenvalue weighted by Crippen LogP contribution is -2.20. The van der Waals surface area contributed by atoms with Crippen LogP contribution in [0.4, 0.5) is 5.69 Å². The van der Waals surface area contributed by atoms with Gasteiger partial charge in [0.25, 0.3) is 0 Å². The molecule has 1 atom stereocenters. The van der Waals surface area contributed by atoms with Crippen molar-refractivity contribution in [3.05, 3.63) is 82.9 Å². The van der Waals surface area contributed by atoms with E-state index < -0.39 is 11.9 Å². The van der Waals surface area contributed by atoms with Gasteiger partial charge in [0.1, 0.15) is 5.92 Å². The summed E-state index contributed by atoms with van der Waals surface area (Å²) in [4.78, 5) is 29.6. The number of nitrogen functional groups attached to an aromatic ring is 1. The highest BCUT2D eigenvalue weighted by Gasteiger charge is 2.29. The molecule has 0 bridgehead atoms. The van der Waals surface area contributed by atoms with Crippen molar-refractivity contribution in [2.24, 2.45) is 7.05 Å². The van der Waals surface area contributed by atoms with Gasteiger partial charge in [-0.2, -0.15) is 0 Å². The first-order chi connectivity index (χ1) is 12.9. The molecule has 2 N–H and O–H groups in total. The van der Waals surface area contributed by atoms with E-state index in [9.17, 15) is 9.59 Å². The summed E-state index contributed by atoms with van der Waals surface area (Å²) in [5, 5.41) is 0. The Labute approximate surface area is 157 Å². The molecule has 6 nitrogen and oxygen atoms in total. The molecule has 0 fully saturated rings. The van der Waals surface area contributed by atoms with Crippen LogP contribution in [0.25, 0.3) is 0 Å². The number of ketones is 1. The molecule has 0 amide bonds. The second-order valence-corrected chi connectivity index (χ2v) is 6.37. The van der Waals surface area contributed by atoms with Crippen LogP contribution in [-0.4, -0.2) is 28.4 Å². The third-order valence-electron chi connectivity index (χ3n) is 4.54. The minimum atomic E-state index is -0.750. The van der Waals surface area contributed by atoms with Gasteiger partial charge in [0.15, 0.2) is 0 Å². The number of anilines is 1. The first-order valence-electron chi connectivity index (χ1n) is 8.48. The lowest BCUT2D eigenvalue weighted by molar-refractivity contribution is -0.141. The van der Waals surface area contributed by atoms with E-state index in [0.29, 0.717) is 28.3 Å². The molecule has 3 aromatic rings. The fraction of sp³-hybridized carbons (Fsp3) is 0.190. The zero-order valence-corrected chi connectivity index (χ0v) is 15.5. The van der Waals surface area contributed by atoms with Gasteiger partial charge in [-0.05, 0) is 31.2 Å². The van der Waals surface area contributed by atoms with E-state index in [1.165, 1.54) is 13.3 Å². The quantitative estimate of drug-likeness (QED) is 0.556. The van der Waals surface area contributed by atoms with Crippen LogP contribution in [0.5, 0.6) is 0 Å². The van der Waals surface area contributed by atoms with Gasteiger partial charge in [0.05, 0.1) is 30.4 Å². The summed E-state index contributed by atoms with van der Waals surface area (Å²) in [7, 11) is 3.08. The number of aromatic nitrogens is 2. The molecule has 0 aliphatic carbocycles. The SMILES string of the molecule is COC(=O)C(c1ccc(N)cn1)c1ccc(C(=O)c2ccc(C)cc2)n1C. The van der Waals surface area contributed by atoms with Gasteiger partial charge in [-0.3, -0.25) is 14.6 Å². The molecule has 2 heterocycles. The second-order valence-electron chi connectivity index (χ2n) is 6.37. The van der Waals surface area contributed by atoms with E-state index in [0.717, 1.165) is 5.56 Å². The van der Waals surface area contributed by atoms with Crippen molar-refractivity contribution in [1.82, 2.24) is 9.55 Å². The maximum atomic E-state index is 12.9. The second kappa shape index (κ2) is 7.45. The number of hydrogen-bond acceptors (Lipinski definition) is 5. The summed E-state index contributed by atoms with van der Waals surface area (Å²) >= 11 is 0. The van der Waals surface area contributed by atoms with Gasteiger partial charge in [-0.1, -0.05) is 29.8 Å². The molecule has 0 saturated heterocycles. The van der Waals surface area contributed by atoms with Gasteiger partial charge in [-0.15, -0.1) is 0 Å². The van der Waals surface area contributed by atoms with Crippen LogP contribution in [0.15, 0.2) is 54.7 Å². The molecule has 3 rings (SSSR count). The lowest BCUT2D eigenvalue weighted by Gasteiger charge is -2.16. The average molecular weight is 363 g/mol. The summed E-state index contributed by atoms with van der Waals surface area (Å²) in [6.07, 6.45) is 1.49. The molecular weight excluding hydrogens is 342 g/mol. The van der Waals surface area contributed by atoms with E-state index in [2.05, 4.69) is 4.98 Å².